The number of halogens is 3. The van der Waals surface area contributed by atoms with E-state index >= 15 is 0 Å². The third-order valence-electron chi connectivity index (χ3n) is 4.93. The number of benzene rings is 2. The van der Waals surface area contributed by atoms with Crippen molar-refractivity contribution in [1.29, 1.82) is 0 Å². The van der Waals surface area contributed by atoms with Crippen LogP contribution in [-0.2, 0) is 11.3 Å². The van der Waals surface area contributed by atoms with Gasteiger partial charge in [-0.05, 0) is 42.8 Å². The predicted molar refractivity (Wildman–Crippen MR) is 120 cm³/mol. The van der Waals surface area contributed by atoms with E-state index in [1.807, 2.05) is 0 Å². The first-order valence-electron chi connectivity index (χ1n) is 9.95. The molecule has 0 bridgehead atoms. The lowest BCUT2D eigenvalue weighted by Crippen LogP contribution is -2.25. The van der Waals surface area contributed by atoms with E-state index in [1.54, 1.807) is 13.0 Å². The van der Waals surface area contributed by atoms with Crippen molar-refractivity contribution in [1.82, 2.24) is 14.9 Å². The lowest BCUT2D eigenvalue weighted by molar-refractivity contribution is -0.117. The van der Waals surface area contributed by atoms with Gasteiger partial charge in [-0.25, -0.2) is 13.8 Å². The van der Waals surface area contributed by atoms with Crippen LogP contribution in [-0.4, -0.2) is 34.2 Å². The summed E-state index contributed by atoms with van der Waals surface area (Å²) in [4.78, 5) is 41.6. The van der Waals surface area contributed by atoms with Gasteiger partial charge in [-0.15, -0.1) is 0 Å². The van der Waals surface area contributed by atoms with Crippen molar-refractivity contribution in [3.8, 4) is 0 Å². The number of amides is 2. The number of carbonyl (C=O) groups is 3. The summed E-state index contributed by atoms with van der Waals surface area (Å²) in [7, 11) is 1.40. The van der Waals surface area contributed by atoms with E-state index in [9.17, 15) is 23.2 Å². The van der Waals surface area contributed by atoms with Gasteiger partial charge < -0.3 is 15.2 Å². The second-order valence-electron chi connectivity index (χ2n) is 7.43. The molecule has 0 aliphatic carbocycles. The summed E-state index contributed by atoms with van der Waals surface area (Å²) >= 11 is 5.86. The highest BCUT2D eigenvalue weighted by Gasteiger charge is 2.28. The predicted octanol–water partition coefficient (Wildman–Crippen LogP) is 4.17. The fourth-order valence-corrected chi connectivity index (χ4v) is 3.68. The number of rotatable bonds is 7. The highest BCUT2D eigenvalue weighted by Crippen LogP contribution is 2.32. The number of hydrogen-bond acceptors (Lipinski definition) is 4. The molecular formula is C23H21ClF2N4O3. The van der Waals surface area contributed by atoms with Gasteiger partial charge in [-0.2, -0.15) is 0 Å². The van der Waals surface area contributed by atoms with Crippen molar-refractivity contribution >= 4 is 35.0 Å². The minimum absolute atomic E-state index is 0.0167. The van der Waals surface area contributed by atoms with E-state index in [1.165, 1.54) is 42.8 Å². The van der Waals surface area contributed by atoms with Crippen molar-refractivity contribution in [2.75, 3.05) is 12.4 Å². The van der Waals surface area contributed by atoms with Gasteiger partial charge in [0.2, 0.25) is 5.82 Å². The Bertz CT molecular complexity index is 1220. The van der Waals surface area contributed by atoms with Crippen LogP contribution >= 0.6 is 11.6 Å². The Balaban J connectivity index is 2.16. The van der Waals surface area contributed by atoms with E-state index in [0.29, 0.717) is 11.3 Å². The second kappa shape index (κ2) is 9.91. The molecule has 2 N–H and O–H groups in total. The van der Waals surface area contributed by atoms with Gasteiger partial charge >= 0.3 is 0 Å². The maximum absolute atomic E-state index is 13.9. The number of carbonyl (C=O) groups excluding carboxylic acids is 3. The normalized spacial score (nSPS) is 11.7. The first-order valence-corrected chi connectivity index (χ1v) is 10.3. The number of Topliss-reactive ketones (excluding diaryl/α,β-unsaturated/α-hetero) is 1. The van der Waals surface area contributed by atoms with E-state index in [-0.39, 0.29) is 34.6 Å². The zero-order valence-corrected chi connectivity index (χ0v) is 18.8. The molecule has 0 aliphatic rings. The molecule has 3 aromatic rings. The lowest BCUT2D eigenvalue weighted by Gasteiger charge is -2.18. The summed E-state index contributed by atoms with van der Waals surface area (Å²) in [6.07, 6.45) is 0. The first kappa shape index (κ1) is 24.1. The van der Waals surface area contributed by atoms with Crippen LogP contribution in [0.1, 0.15) is 52.0 Å². The molecule has 0 radical (unpaired) electrons. The molecule has 1 aromatic heterocycles. The number of imidazole rings is 1. The average Bonchev–Trinajstić information content (AvgIpc) is 3.08. The van der Waals surface area contributed by atoms with E-state index in [0.717, 1.165) is 12.1 Å². The Morgan fingerprint density at radius 1 is 1.09 bits per heavy atom. The third-order valence-corrected chi connectivity index (χ3v) is 5.15. The van der Waals surface area contributed by atoms with Crippen LogP contribution in [0.5, 0.6) is 0 Å². The molecule has 33 heavy (non-hydrogen) atoms. The molecular weight excluding hydrogens is 454 g/mol. The van der Waals surface area contributed by atoms with Crippen molar-refractivity contribution < 1.29 is 23.2 Å². The fraction of sp³-hybridized carbons (Fsp3) is 0.217. The maximum Gasteiger partial charge on any atom is 0.287 e. The molecule has 7 nitrogen and oxygen atoms in total. The van der Waals surface area contributed by atoms with Crippen molar-refractivity contribution in [3.05, 3.63) is 81.8 Å². The monoisotopic (exact) mass is 474 g/mol. The molecule has 0 fully saturated rings. The Labute approximate surface area is 193 Å². The summed E-state index contributed by atoms with van der Waals surface area (Å²) in [6, 6.07) is 9.14. The number of aromatic nitrogens is 2. The third kappa shape index (κ3) is 5.43. The molecule has 2 aromatic carbocycles. The average molecular weight is 475 g/mol. The minimum Gasteiger partial charge on any atom is -0.352 e. The number of nitrogens with zero attached hydrogens (tertiary/aromatic N) is 2. The van der Waals surface area contributed by atoms with Crippen LogP contribution in [0.3, 0.4) is 0 Å². The maximum atomic E-state index is 13.9. The Kier molecular flexibility index (Phi) is 7.23. The van der Waals surface area contributed by atoms with Gasteiger partial charge in [0.1, 0.15) is 17.4 Å². The largest absolute Gasteiger partial charge is 0.352 e. The van der Waals surface area contributed by atoms with Crippen LogP contribution in [0.4, 0.5) is 14.6 Å². The summed E-state index contributed by atoms with van der Waals surface area (Å²) < 4.78 is 29.0. The number of nitrogens with one attached hydrogen (secondary N) is 2. The summed E-state index contributed by atoms with van der Waals surface area (Å²) in [5.74, 6) is -3.44. The quantitative estimate of drug-likeness (QED) is 0.537. The first-order chi connectivity index (χ1) is 15.6. The summed E-state index contributed by atoms with van der Waals surface area (Å²) in [5, 5.41) is 5.06. The molecule has 1 heterocycles. The van der Waals surface area contributed by atoms with Gasteiger partial charge in [0.25, 0.3) is 11.8 Å². The van der Waals surface area contributed by atoms with Crippen molar-refractivity contribution in [2.24, 2.45) is 0 Å². The summed E-state index contributed by atoms with van der Waals surface area (Å²) in [5.41, 5.74) is 0.782. The second-order valence-corrected chi connectivity index (χ2v) is 7.86. The van der Waals surface area contributed by atoms with Crippen LogP contribution in [0, 0.1) is 11.6 Å². The molecule has 2 amide bonds. The van der Waals surface area contributed by atoms with Gasteiger partial charge in [0, 0.05) is 23.6 Å². The SMILES string of the molecule is CNC(=O)c1nc(NC(=O)c2cc(F)cc(Cl)c2)c([C@@H](C)c2cccc(F)c2)n1CC(C)=O. The van der Waals surface area contributed by atoms with E-state index in [4.69, 9.17) is 11.6 Å². The van der Waals surface area contributed by atoms with Crippen molar-refractivity contribution in [3.63, 3.8) is 0 Å². The van der Waals surface area contributed by atoms with Gasteiger partial charge in [0.05, 0.1) is 12.2 Å². The smallest absolute Gasteiger partial charge is 0.287 e. The number of anilines is 1. The lowest BCUT2D eigenvalue weighted by atomic mass is 9.97. The van der Waals surface area contributed by atoms with Crippen LogP contribution in [0.25, 0.3) is 0 Å². The Hall–Kier alpha value is -3.59. The highest BCUT2D eigenvalue weighted by atomic mass is 35.5. The fourth-order valence-electron chi connectivity index (χ4n) is 3.46. The molecule has 1 atom stereocenters. The number of hydrogen-bond donors (Lipinski definition) is 2. The highest BCUT2D eigenvalue weighted by molar-refractivity contribution is 6.31. The molecule has 0 spiro atoms. The van der Waals surface area contributed by atoms with Gasteiger partial charge in [-0.3, -0.25) is 14.4 Å². The minimum atomic E-state index is -0.722. The standard InChI is InChI=1S/C23H21ClF2N4O3/c1-12(31)11-30-19(13(2)14-5-4-6-17(25)8-14)20(28-21(30)23(33)27-3)29-22(32)15-7-16(24)10-18(26)9-15/h4-10,13H,11H2,1-3H3,(H,27,33)(H,29,32)/t13-/m0/s1. The molecule has 0 unspecified atom stereocenters. The Morgan fingerprint density at radius 2 is 1.82 bits per heavy atom. The number of ketones is 1. The summed E-state index contributed by atoms with van der Waals surface area (Å²) in [6.45, 7) is 2.87. The molecule has 0 saturated carbocycles. The zero-order valence-electron chi connectivity index (χ0n) is 18.1. The van der Waals surface area contributed by atoms with Gasteiger partial charge in [0.15, 0.2) is 5.82 Å². The van der Waals surface area contributed by atoms with Crippen LogP contribution in [0.15, 0.2) is 42.5 Å². The van der Waals surface area contributed by atoms with Crippen LogP contribution < -0.4 is 10.6 Å². The van der Waals surface area contributed by atoms with Crippen molar-refractivity contribution in [2.45, 2.75) is 26.3 Å². The molecule has 10 heteroatoms. The molecule has 172 valence electrons. The van der Waals surface area contributed by atoms with E-state index < -0.39 is 29.4 Å². The van der Waals surface area contributed by atoms with Crippen LogP contribution in [0.2, 0.25) is 5.02 Å². The van der Waals surface area contributed by atoms with Gasteiger partial charge in [-0.1, -0.05) is 30.7 Å². The molecule has 0 aliphatic heterocycles. The molecule has 3 rings (SSSR count). The Morgan fingerprint density at radius 3 is 2.42 bits per heavy atom. The topological polar surface area (TPSA) is 93.1 Å². The van der Waals surface area contributed by atoms with E-state index in [2.05, 4.69) is 15.6 Å². The molecule has 0 saturated heterocycles. The zero-order chi connectivity index (χ0) is 24.3.